The van der Waals surface area contributed by atoms with Gasteiger partial charge in [0.25, 0.3) is 0 Å². The van der Waals surface area contributed by atoms with Crippen LogP contribution in [0.25, 0.3) is 0 Å². The minimum Gasteiger partial charge on any atom is -0.371 e. The fourth-order valence-corrected chi connectivity index (χ4v) is 1.39. The van der Waals surface area contributed by atoms with Gasteiger partial charge in [0.05, 0.1) is 0 Å². The number of nitrogens with zero attached hydrogens (tertiary/aromatic N) is 2. The van der Waals surface area contributed by atoms with Crippen LogP contribution >= 0.6 is 23.1 Å². The van der Waals surface area contributed by atoms with Gasteiger partial charge in [-0.15, -0.1) is 0 Å². The minimum atomic E-state index is -0.0521. The molecule has 1 rings (SSSR count). The van der Waals surface area contributed by atoms with Crippen molar-refractivity contribution in [1.29, 1.82) is 0 Å². The zero-order valence-electron chi connectivity index (χ0n) is 6.37. The van der Waals surface area contributed by atoms with E-state index in [2.05, 4.69) is 9.36 Å². The van der Waals surface area contributed by atoms with Gasteiger partial charge in [0.1, 0.15) is 6.10 Å². The molecule has 1 aromatic heterocycles. The average Bonchev–Trinajstić information content (AvgIpc) is 2.36. The molecule has 0 bridgehead atoms. The van der Waals surface area contributed by atoms with E-state index in [1.165, 1.54) is 11.5 Å². The van der Waals surface area contributed by atoms with E-state index >= 15 is 0 Å². The third-order valence-corrected chi connectivity index (χ3v) is 2.01. The Labute approximate surface area is 74.5 Å². The Morgan fingerprint density at radius 3 is 2.91 bits per heavy atom. The van der Waals surface area contributed by atoms with Crippen molar-refractivity contribution in [3.05, 3.63) is 10.3 Å². The first-order valence-electron chi connectivity index (χ1n) is 3.34. The topological polar surface area (TPSA) is 35.0 Å². The molecule has 0 fully saturated rings. The first-order chi connectivity index (χ1) is 5.24. The molecule has 0 aliphatic carbocycles. The lowest BCUT2D eigenvalue weighted by Crippen LogP contribution is -2.00. The molecule has 0 radical (unpaired) electrons. The quantitative estimate of drug-likeness (QED) is 0.737. The Kier molecular flexibility index (Phi) is 3.23. The zero-order chi connectivity index (χ0) is 8.27. The van der Waals surface area contributed by atoms with E-state index in [-0.39, 0.29) is 6.10 Å². The van der Waals surface area contributed by atoms with Gasteiger partial charge in [-0.05, 0) is 37.0 Å². The van der Waals surface area contributed by atoms with Crippen LogP contribution in [-0.2, 0) is 4.74 Å². The molecule has 0 saturated heterocycles. The molecule has 0 aliphatic rings. The highest BCUT2D eigenvalue weighted by Crippen LogP contribution is 2.18. The zero-order valence-corrected chi connectivity index (χ0v) is 7.95. The van der Waals surface area contributed by atoms with Crippen molar-refractivity contribution in [2.45, 2.75) is 20.0 Å². The molecule has 3 nitrogen and oxygen atoms in total. The number of hydrogen-bond donors (Lipinski definition) is 0. The maximum Gasteiger partial charge on any atom is 0.203 e. The highest BCUT2D eigenvalue weighted by Gasteiger charge is 2.10. The number of halogens is 1. The van der Waals surface area contributed by atoms with E-state index in [0.29, 0.717) is 16.9 Å². The summed E-state index contributed by atoms with van der Waals surface area (Å²) >= 11 is 6.78. The summed E-state index contributed by atoms with van der Waals surface area (Å²) in [5.41, 5.74) is 0. The monoisotopic (exact) mass is 192 g/mol. The van der Waals surface area contributed by atoms with Crippen LogP contribution in [0.3, 0.4) is 0 Å². The van der Waals surface area contributed by atoms with Crippen molar-refractivity contribution >= 4 is 23.1 Å². The maximum atomic E-state index is 5.59. The van der Waals surface area contributed by atoms with Gasteiger partial charge in [-0.2, -0.15) is 4.37 Å². The van der Waals surface area contributed by atoms with Gasteiger partial charge in [0.15, 0.2) is 5.82 Å². The maximum absolute atomic E-state index is 5.59. The summed E-state index contributed by atoms with van der Waals surface area (Å²) in [6.45, 7) is 4.50. The summed E-state index contributed by atoms with van der Waals surface area (Å²) in [5, 5.41) is 0. The second-order valence-corrected chi connectivity index (χ2v) is 3.34. The first kappa shape index (κ1) is 8.90. The van der Waals surface area contributed by atoms with Gasteiger partial charge in [0, 0.05) is 6.61 Å². The van der Waals surface area contributed by atoms with E-state index < -0.39 is 0 Å². The van der Waals surface area contributed by atoms with E-state index in [1.54, 1.807) is 0 Å². The second-order valence-electron chi connectivity index (χ2n) is 2.00. The number of ether oxygens (including phenoxy) is 1. The van der Waals surface area contributed by atoms with Crippen LogP contribution in [-0.4, -0.2) is 16.0 Å². The molecule has 1 aromatic rings. The molecule has 0 aliphatic heterocycles. The lowest BCUT2D eigenvalue weighted by atomic mass is 10.4. The van der Waals surface area contributed by atoms with Crippen LogP contribution in [0.1, 0.15) is 25.8 Å². The summed E-state index contributed by atoms with van der Waals surface area (Å²) in [6, 6.07) is 0. The predicted molar refractivity (Wildman–Crippen MR) is 45.0 cm³/mol. The van der Waals surface area contributed by atoms with Crippen LogP contribution in [0.4, 0.5) is 0 Å². The number of aromatic nitrogens is 2. The summed E-state index contributed by atoms with van der Waals surface area (Å²) in [7, 11) is 0. The molecule has 0 amide bonds. The van der Waals surface area contributed by atoms with Gasteiger partial charge in [-0.1, -0.05) is 0 Å². The molecule has 5 heteroatoms. The van der Waals surface area contributed by atoms with Crippen molar-refractivity contribution in [2.24, 2.45) is 0 Å². The molecule has 1 heterocycles. The van der Waals surface area contributed by atoms with Crippen molar-refractivity contribution in [2.75, 3.05) is 6.61 Å². The van der Waals surface area contributed by atoms with Crippen molar-refractivity contribution in [3.63, 3.8) is 0 Å². The Morgan fingerprint density at radius 2 is 2.45 bits per heavy atom. The lowest BCUT2D eigenvalue weighted by molar-refractivity contribution is 0.0709. The average molecular weight is 193 g/mol. The molecule has 11 heavy (non-hydrogen) atoms. The Bertz CT molecular complexity index is 228. The SMILES string of the molecule is CCOC(C)c1nsc(Cl)n1. The van der Waals surface area contributed by atoms with Gasteiger partial charge >= 0.3 is 0 Å². The minimum absolute atomic E-state index is 0.0521. The van der Waals surface area contributed by atoms with Crippen LogP contribution in [0.5, 0.6) is 0 Å². The van der Waals surface area contributed by atoms with Crippen molar-refractivity contribution in [1.82, 2.24) is 9.36 Å². The Hall–Kier alpha value is -0.190. The van der Waals surface area contributed by atoms with E-state index in [0.717, 1.165) is 0 Å². The molecular formula is C6H9ClN2OS. The molecule has 0 saturated carbocycles. The highest BCUT2D eigenvalue weighted by atomic mass is 35.5. The van der Waals surface area contributed by atoms with Crippen LogP contribution in [0.15, 0.2) is 0 Å². The van der Waals surface area contributed by atoms with E-state index in [4.69, 9.17) is 16.3 Å². The molecular weight excluding hydrogens is 184 g/mol. The standard InChI is InChI=1S/C6H9ClN2OS/c1-3-10-4(2)5-8-6(7)11-9-5/h4H,3H2,1-2H3. The van der Waals surface area contributed by atoms with E-state index in [9.17, 15) is 0 Å². The Balaban J connectivity index is 2.60. The Morgan fingerprint density at radius 1 is 1.73 bits per heavy atom. The van der Waals surface area contributed by atoms with Crippen molar-refractivity contribution < 1.29 is 4.74 Å². The molecule has 0 spiro atoms. The summed E-state index contributed by atoms with van der Waals surface area (Å²) in [4.78, 5) is 3.98. The molecule has 62 valence electrons. The fraction of sp³-hybridized carbons (Fsp3) is 0.667. The molecule has 1 unspecified atom stereocenters. The fourth-order valence-electron chi connectivity index (χ4n) is 0.705. The van der Waals surface area contributed by atoms with Crippen molar-refractivity contribution in [3.8, 4) is 0 Å². The first-order valence-corrected chi connectivity index (χ1v) is 4.50. The van der Waals surface area contributed by atoms with Crippen LogP contribution in [0, 0.1) is 0 Å². The molecule has 1 atom stereocenters. The summed E-state index contributed by atoms with van der Waals surface area (Å²) in [5.74, 6) is 0.668. The summed E-state index contributed by atoms with van der Waals surface area (Å²) in [6.07, 6.45) is -0.0521. The molecule has 0 aromatic carbocycles. The van der Waals surface area contributed by atoms with Gasteiger partial charge in [0.2, 0.25) is 4.47 Å². The van der Waals surface area contributed by atoms with Gasteiger partial charge in [-0.25, -0.2) is 4.98 Å². The number of hydrogen-bond acceptors (Lipinski definition) is 4. The van der Waals surface area contributed by atoms with Crippen LogP contribution in [0.2, 0.25) is 4.47 Å². The smallest absolute Gasteiger partial charge is 0.203 e. The third-order valence-electron chi connectivity index (χ3n) is 1.20. The third kappa shape index (κ3) is 2.39. The highest BCUT2D eigenvalue weighted by molar-refractivity contribution is 7.10. The van der Waals surface area contributed by atoms with Gasteiger partial charge < -0.3 is 4.74 Å². The summed E-state index contributed by atoms with van der Waals surface area (Å²) < 4.78 is 9.74. The molecule has 0 N–H and O–H groups in total. The predicted octanol–water partition coefficient (Wildman–Crippen LogP) is 2.29. The second kappa shape index (κ2) is 3.99. The van der Waals surface area contributed by atoms with E-state index in [1.807, 2.05) is 13.8 Å². The normalized spacial score (nSPS) is 13.4. The van der Waals surface area contributed by atoms with Crippen LogP contribution < -0.4 is 0 Å². The van der Waals surface area contributed by atoms with Gasteiger partial charge in [-0.3, -0.25) is 0 Å². The largest absolute Gasteiger partial charge is 0.371 e. The number of rotatable bonds is 3. The lowest BCUT2D eigenvalue weighted by Gasteiger charge is -2.05.